The van der Waals surface area contributed by atoms with Crippen molar-refractivity contribution in [2.45, 2.75) is 19.0 Å². The van der Waals surface area contributed by atoms with E-state index in [9.17, 15) is 13.2 Å². The Labute approximate surface area is 126 Å². The molecule has 0 spiro atoms. The summed E-state index contributed by atoms with van der Waals surface area (Å²) < 4.78 is 34.0. The fraction of sp³-hybridized carbons (Fsp3) is 0.500. The van der Waals surface area contributed by atoms with E-state index in [-0.39, 0.29) is 36.1 Å². The molecule has 94 valence electrons. The molecular formula is C8H10N3NaO5S. The molecule has 0 aromatic heterocycles. The Bertz CT molecular complexity index is 539. The van der Waals surface area contributed by atoms with Crippen LogP contribution < -0.4 is 0 Å². The van der Waals surface area contributed by atoms with E-state index in [0.29, 0.717) is 10.6 Å². The van der Waals surface area contributed by atoms with Crippen molar-refractivity contribution in [3.63, 3.8) is 0 Å². The summed E-state index contributed by atoms with van der Waals surface area (Å²) in [5, 5.41) is 9.42. The first-order valence-electron chi connectivity index (χ1n) is 4.68. The molecule has 10 heteroatoms. The number of nitriles is 1. The number of amides is 2. The molecule has 1 N–H and O–H groups in total. The Morgan fingerprint density at radius 2 is 2.22 bits per heavy atom. The first-order chi connectivity index (χ1) is 7.83. The molecule has 2 unspecified atom stereocenters. The Balaban J connectivity index is 0.00000162. The maximum atomic E-state index is 11.7. The fourth-order valence-corrected chi connectivity index (χ4v) is 2.27. The number of carbonyl (C=O) groups excluding carboxylic acids is 1. The number of fused-ring (bicyclic) bond motifs is 2. The standard InChI is InChI=1S/C8H9N3O5S.Na.H/c1-5-2-6(3-9)10-4-7(5)11(8(10)12)16-17(13,14)15;;/h2,6-7H,4H2,1H3,(H,13,14,15);;. The van der Waals surface area contributed by atoms with Crippen molar-refractivity contribution in [3.05, 3.63) is 11.6 Å². The average Bonchev–Trinajstić information content (AvgIpc) is 2.48. The van der Waals surface area contributed by atoms with Gasteiger partial charge in [-0.2, -0.15) is 18.7 Å². The van der Waals surface area contributed by atoms with Gasteiger partial charge in [-0.05, 0) is 18.6 Å². The van der Waals surface area contributed by atoms with E-state index in [1.807, 2.05) is 6.07 Å². The quantitative estimate of drug-likeness (QED) is 0.396. The second kappa shape index (κ2) is 5.16. The second-order valence-electron chi connectivity index (χ2n) is 3.76. The van der Waals surface area contributed by atoms with Crippen molar-refractivity contribution in [3.8, 4) is 6.07 Å². The third-order valence-corrected chi connectivity index (χ3v) is 3.02. The van der Waals surface area contributed by atoms with Crippen LogP contribution in [0.25, 0.3) is 0 Å². The molecule has 0 aromatic rings. The van der Waals surface area contributed by atoms with Gasteiger partial charge in [0, 0.05) is 0 Å². The zero-order valence-corrected chi connectivity index (χ0v) is 9.59. The van der Waals surface area contributed by atoms with E-state index < -0.39 is 28.5 Å². The van der Waals surface area contributed by atoms with Crippen molar-refractivity contribution in [1.29, 1.82) is 5.26 Å². The summed E-state index contributed by atoms with van der Waals surface area (Å²) in [7, 11) is -4.76. The molecule has 0 saturated carbocycles. The van der Waals surface area contributed by atoms with Crippen molar-refractivity contribution in [1.82, 2.24) is 9.96 Å². The number of hydrogen-bond donors (Lipinski definition) is 1. The molecule has 18 heavy (non-hydrogen) atoms. The van der Waals surface area contributed by atoms with Crippen LogP contribution in [0.4, 0.5) is 4.79 Å². The number of hydrogen-bond acceptors (Lipinski definition) is 5. The molecule has 1 fully saturated rings. The molecule has 2 aliphatic heterocycles. The summed E-state index contributed by atoms with van der Waals surface area (Å²) in [6, 6.07) is -0.191. The number of nitrogens with zero attached hydrogens (tertiary/aromatic N) is 3. The fourth-order valence-electron chi connectivity index (χ4n) is 1.90. The summed E-state index contributed by atoms with van der Waals surface area (Å²) in [6.45, 7) is 1.82. The normalized spacial score (nSPS) is 26.5. The van der Waals surface area contributed by atoms with Crippen LogP contribution in [-0.2, 0) is 14.7 Å². The van der Waals surface area contributed by atoms with Crippen molar-refractivity contribution in [2.24, 2.45) is 0 Å². The van der Waals surface area contributed by atoms with E-state index in [1.54, 1.807) is 13.0 Å². The van der Waals surface area contributed by atoms with Crippen LogP contribution in [0.1, 0.15) is 6.92 Å². The van der Waals surface area contributed by atoms with E-state index in [1.165, 1.54) is 4.90 Å². The van der Waals surface area contributed by atoms with Gasteiger partial charge in [0.2, 0.25) is 0 Å². The van der Waals surface area contributed by atoms with Crippen LogP contribution in [0.15, 0.2) is 11.6 Å². The first kappa shape index (κ1) is 15.4. The summed E-state index contributed by atoms with van der Waals surface area (Å²) in [6.07, 6.45) is 1.55. The van der Waals surface area contributed by atoms with Gasteiger partial charge in [-0.25, -0.2) is 4.79 Å². The van der Waals surface area contributed by atoms with Crippen LogP contribution in [0.2, 0.25) is 0 Å². The summed E-state index contributed by atoms with van der Waals surface area (Å²) >= 11 is 0. The minimum atomic E-state index is -4.76. The van der Waals surface area contributed by atoms with Crippen LogP contribution in [-0.4, -0.2) is 77.2 Å². The molecule has 0 aliphatic carbocycles. The molecule has 8 nitrogen and oxygen atoms in total. The van der Waals surface area contributed by atoms with Gasteiger partial charge in [-0.1, -0.05) is 0 Å². The third-order valence-electron chi connectivity index (χ3n) is 2.68. The average molecular weight is 283 g/mol. The zero-order valence-electron chi connectivity index (χ0n) is 8.77. The number of hydroxylamine groups is 2. The summed E-state index contributed by atoms with van der Waals surface area (Å²) in [5.74, 6) is 0. The van der Waals surface area contributed by atoms with Gasteiger partial charge in [0.25, 0.3) is 0 Å². The molecule has 2 bridgehead atoms. The molecule has 2 atom stereocenters. The monoisotopic (exact) mass is 283 g/mol. The van der Waals surface area contributed by atoms with Crippen LogP contribution >= 0.6 is 0 Å². The Hall–Kier alpha value is -0.630. The second-order valence-corrected chi connectivity index (χ2v) is 4.77. The molecular weight excluding hydrogens is 273 g/mol. The molecule has 2 amide bonds. The van der Waals surface area contributed by atoms with Gasteiger partial charge in [0.15, 0.2) is 0 Å². The third kappa shape index (κ3) is 2.69. The molecule has 0 aromatic carbocycles. The van der Waals surface area contributed by atoms with Gasteiger partial charge in [0.05, 0.1) is 12.6 Å². The Kier molecular flexibility index (Phi) is 4.42. The van der Waals surface area contributed by atoms with Crippen LogP contribution in [0.5, 0.6) is 0 Å². The molecule has 2 aliphatic rings. The minimum absolute atomic E-state index is 0. The van der Waals surface area contributed by atoms with Gasteiger partial charge >= 0.3 is 46.0 Å². The Morgan fingerprint density at radius 3 is 2.72 bits per heavy atom. The first-order valence-corrected chi connectivity index (χ1v) is 6.05. The molecule has 2 heterocycles. The molecule has 0 radical (unpaired) electrons. The predicted octanol–water partition coefficient (Wildman–Crippen LogP) is -0.969. The maximum absolute atomic E-state index is 11.7. The molecule has 1 saturated heterocycles. The SMILES string of the molecule is CC1=CC(C#N)N2CC1N(OS(=O)(=O)O)C2=O.[NaH]. The van der Waals surface area contributed by atoms with E-state index in [4.69, 9.17) is 9.81 Å². The number of urea groups is 1. The van der Waals surface area contributed by atoms with Crippen LogP contribution in [0.3, 0.4) is 0 Å². The summed E-state index contributed by atoms with van der Waals surface area (Å²) in [4.78, 5) is 12.9. The van der Waals surface area contributed by atoms with Crippen molar-refractivity contribution < 1.29 is 22.0 Å². The van der Waals surface area contributed by atoms with E-state index >= 15 is 0 Å². The van der Waals surface area contributed by atoms with Crippen molar-refractivity contribution >= 4 is 46.0 Å². The Morgan fingerprint density at radius 1 is 1.61 bits per heavy atom. The van der Waals surface area contributed by atoms with Gasteiger partial charge < -0.3 is 4.90 Å². The van der Waals surface area contributed by atoms with E-state index in [2.05, 4.69) is 4.28 Å². The van der Waals surface area contributed by atoms with Gasteiger partial charge in [-0.15, -0.1) is 4.28 Å². The number of rotatable bonds is 2. The topological polar surface area (TPSA) is 111 Å². The van der Waals surface area contributed by atoms with E-state index in [0.717, 1.165) is 0 Å². The zero-order chi connectivity index (χ0) is 12.8. The van der Waals surface area contributed by atoms with Gasteiger partial charge in [-0.3, -0.25) is 4.55 Å². The van der Waals surface area contributed by atoms with Crippen molar-refractivity contribution in [2.75, 3.05) is 6.54 Å². The summed E-state index contributed by atoms with van der Waals surface area (Å²) in [5.41, 5.74) is 0.641. The number of carbonyl (C=O) groups is 1. The predicted molar refractivity (Wildman–Crippen MR) is 60.7 cm³/mol. The molecule has 2 rings (SSSR count). The van der Waals surface area contributed by atoms with Gasteiger partial charge in [0.1, 0.15) is 12.1 Å². The van der Waals surface area contributed by atoms with Crippen LogP contribution in [0, 0.1) is 11.3 Å².